The van der Waals surface area contributed by atoms with E-state index in [-0.39, 0.29) is 0 Å². The fourth-order valence-electron chi connectivity index (χ4n) is 0.805. The molecule has 66 valence electrons. The van der Waals surface area contributed by atoms with Crippen molar-refractivity contribution in [3.63, 3.8) is 0 Å². The first kappa shape index (κ1) is 9.33. The van der Waals surface area contributed by atoms with Crippen LogP contribution in [0.25, 0.3) is 0 Å². The van der Waals surface area contributed by atoms with Crippen LogP contribution in [0.3, 0.4) is 0 Å². The lowest BCUT2D eigenvalue weighted by atomic mass is 10.4. The SMILES string of the molecule is CCCCOc1cccnc1Cl. The fraction of sp³-hybridized carbons (Fsp3) is 0.444. The molecule has 0 saturated heterocycles. The zero-order valence-electron chi connectivity index (χ0n) is 7.09. The van der Waals surface area contributed by atoms with Gasteiger partial charge in [-0.05, 0) is 18.6 Å². The van der Waals surface area contributed by atoms with Crippen LogP contribution in [-0.2, 0) is 0 Å². The van der Waals surface area contributed by atoms with Crippen molar-refractivity contribution in [2.45, 2.75) is 19.8 Å². The Labute approximate surface area is 77.5 Å². The number of unbranched alkanes of at least 4 members (excludes halogenated alkanes) is 1. The highest BCUT2D eigenvalue weighted by Gasteiger charge is 1.98. The van der Waals surface area contributed by atoms with Crippen molar-refractivity contribution >= 4 is 11.6 Å². The first-order chi connectivity index (χ1) is 5.84. The minimum absolute atomic E-state index is 0.439. The van der Waals surface area contributed by atoms with Gasteiger partial charge in [0.1, 0.15) is 0 Å². The molecule has 1 aromatic rings. The third-order valence-corrected chi connectivity index (χ3v) is 1.76. The van der Waals surface area contributed by atoms with E-state index in [1.807, 2.05) is 12.1 Å². The first-order valence-electron chi connectivity index (χ1n) is 4.08. The van der Waals surface area contributed by atoms with Crippen molar-refractivity contribution in [2.75, 3.05) is 6.61 Å². The van der Waals surface area contributed by atoms with E-state index in [2.05, 4.69) is 11.9 Å². The lowest BCUT2D eigenvalue weighted by molar-refractivity contribution is 0.308. The number of rotatable bonds is 4. The summed E-state index contributed by atoms with van der Waals surface area (Å²) < 4.78 is 5.38. The predicted molar refractivity (Wildman–Crippen MR) is 49.7 cm³/mol. The molecule has 1 rings (SSSR count). The molecule has 0 radical (unpaired) electrons. The van der Waals surface area contributed by atoms with E-state index in [1.165, 1.54) is 0 Å². The molecule has 1 heterocycles. The van der Waals surface area contributed by atoms with Gasteiger partial charge in [0.15, 0.2) is 10.9 Å². The molecule has 0 bridgehead atoms. The lowest BCUT2D eigenvalue weighted by Crippen LogP contribution is -1.97. The zero-order valence-corrected chi connectivity index (χ0v) is 7.84. The van der Waals surface area contributed by atoms with E-state index in [9.17, 15) is 0 Å². The molecule has 3 heteroatoms. The quantitative estimate of drug-likeness (QED) is 0.532. The Morgan fingerprint density at radius 2 is 2.42 bits per heavy atom. The van der Waals surface area contributed by atoms with Crippen molar-refractivity contribution in [3.05, 3.63) is 23.5 Å². The van der Waals surface area contributed by atoms with Gasteiger partial charge < -0.3 is 4.74 Å². The maximum atomic E-state index is 5.77. The van der Waals surface area contributed by atoms with Gasteiger partial charge in [-0.25, -0.2) is 4.98 Å². The highest BCUT2D eigenvalue weighted by molar-refractivity contribution is 6.30. The van der Waals surface area contributed by atoms with Gasteiger partial charge in [0.05, 0.1) is 6.61 Å². The second-order valence-electron chi connectivity index (χ2n) is 2.49. The summed E-state index contributed by atoms with van der Waals surface area (Å²) in [5, 5.41) is 0.439. The third-order valence-electron chi connectivity index (χ3n) is 1.48. The summed E-state index contributed by atoms with van der Waals surface area (Å²) in [5.74, 6) is 0.674. The number of aromatic nitrogens is 1. The molecule has 0 aliphatic carbocycles. The smallest absolute Gasteiger partial charge is 0.171 e. The molecule has 1 aromatic heterocycles. The summed E-state index contributed by atoms with van der Waals surface area (Å²) in [6.07, 6.45) is 3.82. The van der Waals surface area contributed by atoms with Gasteiger partial charge in [-0.15, -0.1) is 0 Å². The molecule has 0 saturated carbocycles. The largest absolute Gasteiger partial charge is 0.490 e. The summed E-state index contributed by atoms with van der Waals surface area (Å²) in [5.41, 5.74) is 0. The van der Waals surface area contributed by atoms with Gasteiger partial charge in [0.2, 0.25) is 0 Å². The molecule has 0 amide bonds. The maximum Gasteiger partial charge on any atom is 0.171 e. The Hall–Kier alpha value is -0.760. The normalized spacial score (nSPS) is 9.83. The van der Waals surface area contributed by atoms with E-state index in [1.54, 1.807) is 6.20 Å². The van der Waals surface area contributed by atoms with Crippen LogP contribution >= 0.6 is 11.6 Å². The van der Waals surface area contributed by atoms with E-state index >= 15 is 0 Å². The summed E-state index contributed by atoms with van der Waals surface area (Å²) in [6, 6.07) is 3.64. The van der Waals surface area contributed by atoms with Crippen LogP contribution in [0.15, 0.2) is 18.3 Å². The maximum absolute atomic E-state index is 5.77. The molecule has 0 fully saturated rings. The van der Waals surface area contributed by atoms with Crippen LogP contribution in [0.4, 0.5) is 0 Å². The van der Waals surface area contributed by atoms with Crippen LogP contribution < -0.4 is 4.74 Å². The average Bonchev–Trinajstić information content (AvgIpc) is 2.09. The van der Waals surface area contributed by atoms with Crippen LogP contribution in [0.1, 0.15) is 19.8 Å². The van der Waals surface area contributed by atoms with Gasteiger partial charge >= 0.3 is 0 Å². The molecule has 0 aromatic carbocycles. The number of nitrogens with zero attached hydrogens (tertiary/aromatic N) is 1. The first-order valence-corrected chi connectivity index (χ1v) is 4.45. The molecule has 12 heavy (non-hydrogen) atoms. The van der Waals surface area contributed by atoms with Crippen LogP contribution in [0.2, 0.25) is 5.15 Å². The molecule has 0 spiro atoms. The monoisotopic (exact) mass is 185 g/mol. The van der Waals surface area contributed by atoms with Gasteiger partial charge in [-0.3, -0.25) is 0 Å². The Bertz CT molecular complexity index is 240. The Kier molecular flexibility index (Phi) is 3.88. The molecular formula is C9H12ClNO. The highest BCUT2D eigenvalue weighted by Crippen LogP contribution is 2.20. The molecule has 0 aliphatic rings. The lowest BCUT2D eigenvalue weighted by Gasteiger charge is -2.04. The Balaban J connectivity index is 2.46. The summed E-state index contributed by atoms with van der Waals surface area (Å²) in [7, 11) is 0. The predicted octanol–water partition coefficient (Wildman–Crippen LogP) is 2.91. The minimum Gasteiger partial charge on any atom is -0.490 e. The number of hydrogen-bond donors (Lipinski definition) is 0. The van der Waals surface area contributed by atoms with Crippen molar-refractivity contribution in [1.29, 1.82) is 0 Å². The minimum atomic E-state index is 0.439. The molecule has 0 aliphatic heterocycles. The fourth-order valence-corrected chi connectivity index (χ4v) is 0.979. The number of hydrogen-bond acceptors (Lipinski definition) is 2. The van der Waals surface area contributed by atoms with Crippen molar-refractivity contribution < 1.29 is 4.74 Å². The van der Waals surface area contributed by atoms with E-state index in [0.717, 1.165) is 12.8 Å². The zero-order chi connectivity index (χ0) is 8.81. The Morgan fingerprint density at radius 1 is 1.58 bits per heavy atom. The van der Waals surface area contributed by atoms with Crippen molar-refractivity contribution in [3.8, 4) is 5.75 Å². The van der Waals surface area contributed by atoms with Crippen LogP contribution in [0.5, 0.6) is 5.75 Å². The second-order valence-corrected chi connectivity index (χ2v) is 2.85. The number of halogens is 1. The van der Waals surface area contributed by atoms with Crippen molar-refractivity contribution in [2.24, 2.45) is 0 Å². The second kappa shape index (κ2) is 4.99. The third kappa shape index (κ3) is 2.70. The molecule has 0 N–H and O–H groups in total. The van der Waals surface area contributed by atoms with Gasteiger partial charge in [0, 0.05) is 6.20 Å². The number of pyridine rings is 1. The van der Waals surface area contributed by atoms with Gasteiger partial charge in [-0.2, -0.15) is 0 Å². The standard InChI is InChI=1S/C9H12ClNO/c1-2-3-7-12-8-5-4-6-11-9(8)10/h4-6H,2-3,7H2,1H3. The number of ether oxygens (including phenoxy) is 1. The summed E-state index contributed by atoms with van der Waals surface area (Å²) in [4.78, 5) is 3.90. The van der Waals surface area contributed by atoms with Crippen LogP contribution in [-0.4, -0.2) is 11.6 Å². The Morgan fingerprint density at radius 3 is 3.08 bits per heavy atom. The molecule has 0 unspecified atom stereocenters. The topological polar surface area (TPSA) is 22.1 Å². The molecule has 0 atom stereocenters. The van der Waals surface area contributed by atoms with E-state index in [0.29, 0.717) is 17.5 Å². The summed E-state index contributed by atoms with van der Waals surface area (Å²) >= 11 is 5.77. The van der Waals surface area contributed by atoms with Gasteiger partial charge in [-0.1, -0.05) is 24.9 Å². The van der Waals surface area contributed by atoms with E-state index in [4.69, 9.17) is 16.3 Å². The highest BCUT2D eigenvalue weighted by atomic mass is 35.5. The van der Waals surface area contributed by atoms with E-state index < -0.39 is 0 Å². The van der Waals surface area contributed by atoms with Crippen LogP contribution in [0, 0.1) is 0 Å². The van der Waals surface area contributed by atoms with Crippen molar-refractivity contribution in [1.82, 2.24) is 4.98 Å². The molecular weight excluding hydrogens is 174 g/mol. The summed E-state index contributed by atoms with van der Waals surface area (Å²) in [6.45, 7) is 2.83. The molecule has 2 nitrogen and oxygen atoms in total. The van der Waals surface area contributed by atoms with Gasteiger partial charge in [0.25, 0.3) is 0 Å². The average molecular weight is 186 g/mol.